The van der Waals surface area contributed by atoms with Crippen LogP contribution in [0.2, 0.25) is 5.02 Å². The van der Waals surface area contributed by atoms with Crippen molar-refractivity contribution in [3.05, 3.63) is 29.0 Å². The van der Waals surface area contributed by atoms with E-state index in [-0.39, 0.29) is 16.5 Å². The van der Waals surface area contributed by atoms with Crippen molar-refractivity contribution in [3.63, 3.8) is 0 Å². The fraction of sp³-hybridized carbons (Fsp3) is 0.538. The molecule has 0 spiro atoms. The van der Waals surface area contributed by atoms with Gasteiger partial charge in [0, 0.05) is 13.7 Å². The van der Waals surface area contributed by atoms with Crippen molar-refractivity contribution in [2.75, 3.05) is 26.8 Å². The Hall–Kier alpha value is -0.730. The number of ether oxygens (including phenoxy) is 1. The standard InChI is InChI=1S/C13H18ClFN2O3S/c1-20-9-13(5-2-6-16-13)8-17-21(18,19)12-4-3-10(15)7-11(12)14/h3-4,7,16-17H,2,5-6,8-9H2,1H3. The Balaban J connectivity index is 2.14. The second-order valence-corrected chi connectivity index (χ2v) is 7.29. The summed E-state index contributed by atoms with van der Waals surface area (Å²) in [6.07, 6.45) is 1.78. The first kappa shape index (κ1) is 16.6. The van der Waals surface area contributed by atoms with Gasteiger partial charge in [-0.15, -0.1) is 0 Å². The minimum absolute atomic E-state index is 0.129. The van der Waals surface area contributed by atoms with Crippen LogP contribution in [-0.4, -0.2) is 40.8 Å². The van der Waals surface area contributed by atoms with E-state index in [9.17, 15) is 12.8 Å². The van der Waals surface area contributed by atoms with Gasteiger partial charge >= 0.3 is 0 Å². The van der Waals surface area contributed by atoms with Gasteiger partial charge in [0.1, 0.15) is 10.7 Å². The third-order valence-electron chi connectivity index (χ3n) is 3.54. The number of nitrogens with one attached hydrogen (secondary N) is 2. The molecule has 21 heavy (non-hydrogen) atoms. The molecule has 0 aliphatic carbocycles. The summed E-state index contributed by atoms with van der Waals surface area (Å²) in [6.45, 7) is 1.42. The Morgan fingerprint density at radius 3 is 2.86 bits per heavy atom. The maximum Gasteiger partial charge on any atom is 0.242 e. The Morgan fingerprint density at radius 1 is 1.52 bits per heavy atom. The molecule has 1 aliphatic heterocycles. The Kier molecular flexibility index (Phi) is 5.21. The van der Waals surface area contributed by atoms with Crippen LogP contribution in [-0.2, 0) is 14.8 Å². The lowest BCUT2D eigenvalue weighted by Gasteiger charge is -2.28. The minimum atomic E-state index is -3.80. The van der Waals surface area contributed by atoms with Crippen LogP contribution in [0.15, 0.2) is 23.1 Å². The van der Waals surface area contributed by atoms with E-state index >= 15 is 0 Å². The highest BCUT2D eigenvalue weighted by Crippen LogP contribution is 2.24. The van der Waals surface area contributed by atoms with Gasteiger partial charge < -0.3 is 10.1 Å². The molecule has 1 atom stereocenters. The van der Waals surface area contributed by atoms with Crippen molar-refractivity contribution in [2.24, 2.45) is 0 Å². The quantitative estimate of drug-likeness (QED) is 0.826. The van der Waals surface area contributed by atoms with Gasteiger partial charge in [0.25, 0.3) is 0 Å². The summed E-state index contributed by atoms with van der Waals surface area (Å²) in [5.41, 5.74) is -0.408. The largest absolute Gasteiger partial charge is 0.383 e. The number of methoxy groups -OCH3 is 1. The van der Waals surface area contributed by atoms with Gasteiger partial charge in [0.2, 0.25) is 10.0 Å². The van der Waals surface area contributed by atoms with E-state index in [0.717, 1.165) is 37.6 Å². The molecule has 0 amide bonds. The van der Waals surface area contributed by atoms with E-state index in [4.69, 9.17) is 16.3 Å². The summed E-state index contributed by atoms with van der Waals surface area (Å²) in [7, 11) is -2.22. The molecule has 1 aromatic carbocycles. The van der Waals surface area contributed by atoms with Gasteiger partial charge in [-0.3, -0.25) is 0 Å². The SMILES string of the molecule is COCC1(CNS(=O)(=O)c2ccc(F)cc2Cl)CCCN1. The average molecular weight is 337 g/mol. The first-order chi connectivity index (χ1) is 9.88. The van der Waals surface area contributed by atoms with Gasteiger partial charge in [-0.25, -0.2) is 17.5 Å². The number of hydrogen-bond donors (Lipinski definition) is 2. The number of benzene rings is 1. The van der Waals surface area contributed by atoms with Gasteiger partial charge in [0.15, 0.2) is 0 Å². The van der Waals surface area contributed by atoms with E-state index in [1.165, 1.54) is 0 Å². The molecule has 2 rings (SSSR count). The molecule has 8 heteroatoms. The maximum absolute atomic E-state index is 13.0. The molecule has 1 heterocycles. The molecule has 5 nitrogen and oxygen atoms in total. The maximum atomic E-state index is 13.0. The van der Waals surface area contributed by atoms with Crippen LogP contribution >= 0.6 is 11.6 Å². The van der Waals surface area contributed by atoms with E-state index in [2.05, 4.69) is 10.0 Å². The van der Waals surface area contributed by atoms with Crippen molar-refractivity contribution in [1.82, 2.24) is 10.0 Å². The molecule has 0 saturated carbocycles. The lowest BCUT2D eigenvalue weighted by Crippen LogP contribution is -2.52. The highest BCUT2D eigenvalue weighted by molar-refractivity contribution is 7.89. The van der Waals surface area contributed by atoms with Crippen LogP contribution in [0, 0.1) is 5.82 Å². The summed E-state index contributed by atoms with van der Waals surface area (Å²) in [4.78, 5) is -0.129. The van der Waals surface area contributed by atoms with Crippen LogP contribution < -0.4 is 10.0 Å². The summed E-state index contributed by atoms with van der Waals surface area (Å²) < 4.78 is 45.3. The average Bonchev–Trinajstić information content (AvgIpc) is 2.86. The molecule has 1 aromatic rings. The van der Waals surface area contributed by atoms with E-state index < -0.39 is 21.4 Å². The molecule has 0 radical (unpaired) electrons. The highest BCUT2D eigenvalue weighted by atomic mass is 35.5. The Labute approximate surface area is 128 Å². The van der Waals surface area contributed by atoms with Crippen molar-refractivity contribution in [1.29, 1.82) is 0 Å². The van der Waals surface area contributed by atoms with Gasteiger partial charge in [-0.05, 0) is 37.6 Å². The van der Waals surface area contributed by atoms with Crippen LogP contribution in [0.4, 0.5) is 4.39 Å². The zero-order chi connectivity index (χ0) is 15.5. The van der Waals surface area contributed by atoms with Crippen LogP contribution in [0.3, 0.4) is 0 Å². The summed E-state index contributed by atoms with van der Waals surface area (Å²) >= 11 is 5.81. The number of sulfonamides is 1. The fourth-order valence-electron chi connectivity index (χ4n) is 2.47. The van der Waals surface area contributed by atoms with Gasteiger partial charge in [-0.2, -0.15) is 0 Å². The van der Waals surface area contributed by atoms with Gasteiger partial charge in [0.05, 0.1) is 17.2 Å². The third-order valence-corrected chi connectivity index (χ3v) is 5.42. The number of rotatable bonds is 6. The summed E-state index contributed by atoms with van der Waals surface area (Å²) in [5.74, 6) is -0.577. The van der Waals surface area contributed by atoms with E-state index in [1.807, 2.05) is 0 Å². The molecule has 0 bridgehead atoms. The molecular formula is C13H18ClFN2O3S. The molecular weight excluding hydrogens is 319 g/mol. The molecule has 1 saturated heterocycles. The van der Waals surface area contributed by atoms with Crippen molar-refractivity contribution >= 4 is 21.6 Å². The van der Waals surface area contributed by atoms with Crippen LogP contribution in [0.25, 0.3) is 0 Å². The summed E-state index contributed by atoms with van der Waals surface area (Å²) in [6, 6.07) is 3.21. The van der Waals surface area contributed by atoms with Crippen molar-refractivity contribution in [3.8, 4) is 0 Å². The predicted octanol–water partition coefficient (Wildman–Crippen LogP) is 1.53. The third kappa shape index (κ3) is 3.92. The molecule has 1 aliphatic rings. The summed E-state index contributed by atoms with van der Waals surface area (Å²) in [5, 5.41) is 3.14. The number of halogens is 2. The van der Waals surface area contributed by atoms with E-state index in [0.29, 0.717) is 6.61 Å². The second-order valence-electron chi connectivity index (χ2n) is 5.14. The normalized spacial score (nSPS) is 22.6. The first-order valence-electron chi connectivity index (χ1n) is 6.57. The lowest BCUT2D eigenvalue weighted by molar-refractivity contribution is 0.122. The Morgan fingerprint density at radius 2 is 2.29 bits per heavy atom. The van der Waals surface area contributed by atoms with Crippen molar-refractivity contribution in [2.45, 2.75) is 23.3 Å². The topological polar surface area (TPSA) is 67.4 Å². The fourth-order valence-corrected chi connectivity index (χ4v) is 4.13. The lowest BCUT2D eigenvalue weighted by atomic mass is 9.99. The molecule has 118 valence electrons. The van der Waals surface area contributed by atoms with Crippen LogP contribution in [0.1, 0.15) is 12.8 Å². The van der Waals surface area contributed by atoms with Crippen molar-refractivity contribution < 1.29 is 17.5 Å². The predicted molar refractivity (Wildman–Crippen MR) is 78.4 cm³/mol. The molecule has 2 N–H and O–H groups in total. The van der Waals surface area contributed by atoms with Gasteiger partial charge in [-0.1, -0.05) is 11.6 Å². The van der Waals surface area contributed by atoms with E-state index in [1.54, 1.807) is 7.11 Å². The zero-order valence-electron chi connectivity index (χ0n) is 11.7. The zero-order valence-corrected chi connectivity index (χ0v) is 13.2. The first-order valence-corrected chi connectivity index (χ1v) is 8.43. The Bertz CT molecular complexity index is 603. The molecule has 1 fully saturated rings. The molecule has 0 aromatic heterocycles. The second kappa shape index (κ2) is 6.58. The number of hydrogen-bond acceptors (Lipinski definition) is 4. The minimum Gasteiger partial charge on any atom is -0.383 e. The van der Waals surface area contributed by atoms with Crippen LogP contribution in [0.5, 0.6) is 0 Å². The highest BCUT2D eigenvalue weighted by Gasteiger charge is 2.35. The smallest absolute Gasteiger partial charge is 0.242 e. The monoisotopic (exact) mass is 336 g/mol. The molecule has 1 unspecified atom stereocenters.